The van der Waals surface area contributed by atoms with Crippen molar-refractivity contribution in [1.29, 1.82) is 0 Å². The lowest BCUT2D eigenvalue weighted by molar-refractivity contribution is -0.141. The Kier molecular flexibility index (Phi) is 5.16. The van der Waals surface area contributed by atoms with Crippen LogP contribution in [0.25, 0.3) is 0 Å². The maximum Gasteiger partial charge on any atom is 0.433 e. The van der Waals surface area contributed by atoms with Crippen molar-refractivity contribution in [2.24, 2.45) is 5.10 Å². The smallest absolute Gasteiger partial charge is 0.424 e. The van der Waals surface area contributed by atoms with E-state index < -0.39 is 11.9 Å². The molecule has 4 rings (SSSR count). The van der Waals surface area contributed by atoms with Gasteiger partial charge in [0.05, 0.1) is 17.6 Å². The van der Waals surface area contributed by atoms with Crippen molar-refractivity contribution in [3.05, 3.63) is 77.6 Å². The molecule has 0 saturated heterocycles. The van der Waals surface area contributed by atoms with Gasteiger partial charge in [-0.2, -0.15) is 28.2 Å². The largest absolute Gasteiger partial charge is 0.433 e. The average molecular weight is 398 g/mol. The van der Waals surface area contributed by atoms with E-state index in [1.807, 2.05) is 30.3 Å². The Hall–Kier alpha value is -3.42. The van der Waals surface area contributed by atoms with Gasteiger partial charge in [-0.15, -0.1) is 0 Å². The molecular weight excluding hydrogens is 381 g/mol. The van der Waals surface area contributed by atoms with Crippen molar-refractivity contribution in [1.82, 2.24) is 9.97 Å². The van der Waals surface area contributed by atoms with Gasteiger partial charge in [0, 0.05) is 5.92 Å². The maximum absolute atomic E-state index is 13.1. The first-order valence-electron chi connectivity index (χ1n) is 9.05. The molecule has 1 N–H and O–H groups in total. The van der Waals surface area contributed by atoms with E-state index in [1.165, 1.54) is 0 Å². The van der Waals surface area contributed by atoms with Crippen molar-refractivity contribution in [2.45, 2.75) is 24.9 Å². The Labute approximate surface area is 165 Å². The van der Waals surface area contributed by atoms with Crippen molar-refractivity contribution >= 4 is 11.9 Å². The molecule has 1 fully saturated rings. The molecule has 0 spiro atoms. The zero-order valence-electron chi connectivity index (χ0n) is 15.2. The standard InChI is InChI=1S/C21H17F3N4O/c22-21(23,24)19-12-18(15-8-9-15)26-20(27-19)29-17-10-6-14(7-11-17)13-25-28-16-4-2-1-3-5-16/h1-7,10-13,15,28H,8-9H2. The summed E-state index contributed by atoms with van der Waals surface area (Å²) in [7, 11) is 0. The van der Waals surface area contributed by atoms with E-state index in [2.05, 4.69) is 20.5 Å². The molecule has 1 saturated carbocycles. The highest BCUT2D eigenvalue weighted by Crippen LogP contribution is 2.41. The average Bonchev–Trinajstić information content (AvgIpc) is 3.55. The second-order valence-corrected chi connectivity index (χ2v) is 6.64. The minimum atomic E-state index is -4.54. The highest BCUT2D eigenvalue weighted by Gasteiger charge is 2.36. The molecular formula is C21H17F3N4O. The lowest BCUT2D eigenvalue weighted by atomic mass is 10.2. The lowest BCUT2D eigenvalue weighted by Gasteiger charge is -2.10. The van der Waals surface area contributed by atoms with E-state index in [0.717, 1.165) is 30.2 Å². The minimum absolute atomic E-state index is 0.0529. The molecule has 0 radical (unpaired) electrons. The number of hydrogen-bond acceptors (Lipinski definition) is 5. The van der Waals surface area contributed by atoms with Crippen LogP contribution in [0, 0.1) is 0 Å². The van der Waals surface area contributed by atoms with Gasteiger partial charge in [-0.05, 0) is 60.9 Å². The van der Waals surface area contributed by atoms with Crippen LogP contribution in [0.3, 0.4) is 0 Å². The van der Waals surface area contributed by atoms with Crippen LogP contribution in [0.1, 0.15) is 35.7 Å². The van der Waals surface area contributed by atoms with Crippen molar-refractivity contribution in [2.75, 3.05) is 5.43 Å². The number of benzene rings is 2. The van der Waals surface area contributed by atoms with Crippen LogP contribution in [-0.4, -0.2) is 16.2 Å². The van der Waals surface area contributed by atoms with Crippen molar-refractivity contribution < 1.29 is 17.9 Å². The fourth-order valence-corrected chi connectivity index (χ4v) is 2.64. The third kappa shape index (κ3) is 5.10. The zero-order valence-corrected chi connectivity index (χ0v) is 15.2. The van der Waals surface area contributed by atoms with Gasteiger partial charge < -0.3 is 4.74 Å². The SMILES string of the molecule is FC(F)(F)c1cc(C2CC2)nc(Oc2ccc(C=NNc3ccccc3)cc2)n1. The summed E-state index contributed by atoms with van der Waals surface area (Å²) in [5.41, 5.74) is 3.94. The molecule has 0 bridgehead atoms. The van der Waals surface area contributed by atoms with Crippen LogP contribution < -0.4 is 10.2 Å². The lowest BCUT2D eigenvalue weighted by Crippen LogP contribution is -2.11. The number of alkyl halides is 3. The number of rotatable bonds is 6. The topological polar surface area (TPSA) is 59.4 Å². The molecule has 0 aliphatic heterocycles. The molecule has 1 aliphatic rings. The second kappa shape index (κ2) is 7.90. The number of para-hydroxylation sites is 1. The van der Waals surface area contributed by atoms with Crippen molar-refractivity contribution in [3.8, 4) is 11.8 Å². The number of ether oxygens (including phenoxy) is 1. The highest BCUT2D eigenvalue weighted by atomic mass is 19.4. The molecule has 148 valence electrons. The van der Waals surface area contributed by atoms with E-state index in [9.17, 15) is 13.2 Å². The van der Waals surface area contributed by atoms with Crippen LogP contribution >= 0.6 is 0 Å². The summed E-state index contributed by atoms with van der Waals surface area (Å²) >= 11 is 0. The number of nitrogens with one attached hydrogen (secondary N) is 1. The molecule has 1 aliphatic carbocycles. The minimum Gasteiger partial charge on any atom is -0.424 e. The molecule has 29 heavy (non-hydrogen) atoms. The third-order valence-corrected chi connectivity index (χ3v) is 4.28. The first kappa shape index (κ1) is 18.9. The van der Waals surface area contributed by atoms with Crippen LogP contribution in [-0.2, 0) is 6.18 Å². The first-order chi connectivity index (χ1) is 14.0. The Bertz CT molecular complexity index is 1000. The molecule has 0 amide bonds. The monoisotopic (exact) mass is 398 g/mol. The third-order valence-electron chi connectivity index (χ3n) is 4.28. The van der Waals surface area contributed by atoms with E-state index in [1.54, 1.807) is 30.5 Å². The Morgan fingerprint density at radius 2 is 1.72 bits per heavy atom. The molecule has 8 heteroatoms. The molecule has 1 aromatic heterocycles. The van der Waals surface area contributed by atoms with Gasteiger partial charge >= 0.3 is 12.2 Å². The Balaban J connectivity index is 1.45. The summed E-state index contributed by atoms with van der Waals surface area (Å²) in [5, 5.41) is 4.14. The normalized spacial score (nSPS) is 14.2. The quantitative estimate of drug-likeness (QED) is 0.433. The van der Waals surface area contributed by atoms with Crippen LogP contribution in [0.2, 0.25) is 0 Å². The predicted octanol–water partition coefficient (Wildman–Crippen LogP) is 5.61. The predicted molar refractivity (Wildman–Crippen MR) is 103 cm³/mol. The number of halogens is 3. The molecule has 2 aromatic carbocycles. The second-order valence-electron chi connectivity index (χ2n) is 6.64. The van der Waals surface area contributed by atoms with Gasteiger partial charge in [0.1, 0.15) is 5.75 Å². The van der Waals surface area contributed by atoms with E-state index in [0.29, 0.717) is 11.4 Å². The fraction of sp³-hybridized carbons (Fsp3) is 0.190. The molecule has 1 heterocycles. The van der Waals surface area contributed by atoms with Gasteiger partial charge in [-0.25, -0.2) is 0 Å². The van der Waals surface area contributed by atoms with E-state index in [4.69, 9.17) is 4.74 Å². The number of nitrogens with zero attached hydrogens (tertiary/aromatic N) is 3. The highest BCUT2D eigenvalue weighted by molar-refractivity contribution is 5.80. The van der Waals surface area contributed by atoms with E-state index in [-0.39, 0.29) is 11.9 Å². The maximum atomic E-state index is 13.1. The Morgan fingerprint density at radius 3 is 2.38 bits per heavy atom. The van der Waals surface area contributed by atoms with Crippen molar-refractivity contribution in [3.63, 3.8) is 0 Å². The summed E-state index contributed by atoms with van der Waals surface area (Å²) in [6.07, 6.45) is -1.25. The number of aromatic nitrogens is 2. The van der Waals surface area contributed by atoms with E-state index >= 15 is 0 Å². The number of anilines is 1. The van der Waals surface area contributed by atoms with Crippen LogP contribution in [0.4, 0.5) is 18.9 Å². The molecule has 0 unspecified atom stereocenters. The summed E-state index contributed by atoms with van der Waals surface area (Å²) in [4.78, 5) is 7.66. The van der Waals surface area contributed by atoms with Gasteiger partial charge in [0.25, 0.3) is 0 Å². The first-order valence-corrected chi connectivity index (χ1v) is 9.05. The fourth-order valence-electron chi connectivity index (χ4n) is 2.64. The van der Waals surface area contributed by atoms with Gasteiger partial charge in [-0.3, -0.25) is 5.43 Å². The summed E-state index contributed by atoms with van der Waals surface area (Å²) in [5.74, 6) is 0.399. The molecule has 0 atom stereocenters. The molecule has 3 aromatic rings. The van der Waals surface area contributed by atoms with Gasteiger partial charge in [-0.1, -0.05) is 18.2 Å². The Morgan fingerprint density at radius 1 is 1.00 bits per heavy atom. The number of hydrazone groups is 1. The zero-order chi connectivity index (χ0) is 20.3. The molecule has 5 nitrogen and oxygen atoms in total. The summed E-state index contributed by atoms with van der Waals surface area (Å²) in [6.45, 7) is 0. The van der Waals surface area contributed by atoms with Gasteiger partial charge in [0.15, 0.2) is 5.69 Å². The summed E-state index contributed by atoms with van der Waals surface area (Å²) in [6, 6.07) is 16.9. The van der Waals surface area contributed by atoms with Crippen LogP contribution in [0.15, 0.2) is 65.8 Å². The number of hydrogen-bond donors (Lipinski definition) is 1. The summed E-state index contributed by atoms with van der Waals surface area (Å²) < 4.78 is 44.8. The van der Waals surface area contributed by atoms with Crippen LogP contribution in [0.5, 0.6) is 11.8 Å². The van der Waals surface area contributed by atoms with Gasteiger partial charge in [0.2, 0.25) is 0 Å².